The monoisotopic (exact) mass is 343 g/mol. The Hall–Kier alpha value is -1.40. The fraction of sp³-hybridized carbons (Fsp3) is 0.778. The van der Waals surface area contributed by atoms with Crippen molar-refractivity contribution in [1.82, 2.24) is 0 Å². The first-order valence-corrected chi connectivity index (χ1v) is 8.46. The van der Waals surface area contributed by atoms with Gasteiger partial charge in [0, 0.05) is 30.1 Å². The maximum absolute atomic E-state index is 11.9. The lowest BCUT2D eigenvalue weighted by Crippen LogP contribution is -2.51. The summed E-state index contributed by atoms with van der Waals surface area (Å²) in [5, 5.41) is 9.90. The zero-order valence-corrected chi connectivity index (χ0v) is 15.6. The van der Waals surface area contributed by atoms with Gasteiger partial charge in [-0.05, 0) is 26.7 Å². The van der Waals surface area contributed by atoms with Gasteiger partial charge in [-0.2, -0.15) is 0 Å². The lowest BCUT2D eigenvalue weighted by atomic mass is 9.67. The van der Waals surface area contributed by atoms with Crippen LogP contribution >= 0.6 is 0 Å². The highest BCUT2D eigenvalue weighted by Gasteiger charge is 2.47. The molecule has 140 valence electrons. The number of aliphatic hydroxyl groups is 1. The standard InChI is InChI=1S/C18H33NO5/c1-7-15(21)24-18(6,9-3)14(17(5,8-2)12-20)11-23-16(22)10-13(4)19/h7,13-14,20H,1,8-12,19H2,2-6H3. The first-order valence-electron chi connectivity index (χ1n) is 8.46. The molecule has 0 aliphatic heterocycles. The summed E-state index contributed by atoms with van der Waals surface area (Å²) in [4.78, 5) is 23.6. The Morgan fingerprint density at radius 2 is 1.88 bits per heavy atom. The second kappa shape index (κ2) is 9.79. The number of aliphatic hydroxyl groups excluding tert-OH is 1. The van der Waals surface area contributed by atoms with Gasteiger partial charge in [-0.25, -0.2) is 4.79 Å². The van der Waals surface area contributed by atoms with Gasteiger partial charge >= 0.3 is 11.9 Å². The van der Waals surface area contributed by atoms with E-state index in [1.54, 1.807) is 13.8 Å². The van der Waals surface area contributed by atoms with Crippen LogP contribution in [0.25, 0.3) is 0 Å². The maximum atomic E-state index is 11.9. The largest absolute Gasteiger partial charge is 0.465 e. The van der Waals surface area contributed by atoms with Crippen LogP contribution in [-0.4, -0.2) is 41.9 Å². The average Bonchev–Trinajstić information content (AvgIpc) is 2.53. The highest BCUT2D eigenvalue weighted by molar-refractivity contribution is 5.81. The number of carbonyl (C=O) groups is 2. The van der Waals surface area contributed by atoms with E-state index in [0.29, 0.717) is 12.8 Å². The van der Waals surface area contributed by atoms with E-state index in [9.17, 15) is 14.7 Å². The molecule has 24 heavy (non-hydrogen) atoms. The quantitative estimate of drug-likeness (QED) is 0.441. The lowest BCUT2D eigenvalue weighted by Gasteiger charge is -2.45. The Morgan fingerprint density at radius 1 is 1.29 bits per heavy atom. The first-order chi connectivity index (χ1) is 11.1. The van der Waals surface area contributed by atoms with Crippen LogP contribution in [0.1, 0.15) is 53.9 Å². The molecule has 0 aromatic carbocycles. The topological polar surface area (TPSA) is 98.9 Å². The third-order valence-corrected chi connectivity index (χ3v) is 4.85. The van der Waals surface area contributed by atoms with Crippen molar-refractivity contribution in [2.75, 3.05) is 13.2 Å². The summed E-state index contributed by atoms with van der Waals surface area (Å²) in [5.41, 5.74) is 4.15. The smallest absolute Gasteiger partial charge is 0.330 e. The van der Waals surface area contributed by atoms with Crippen LogP contribution in [0.15, 0.2) is 12.7 Å². The lowest BCUT2D eigenvalue weighted by molar-refractivity contribution is -0.176. The van der Waals surface area contributed by atoms with Gasteiger partial charge < -0.3 is 20.3 Å². The molecule has 0 spiro atoms. The highest BCUT2D eigenvalue weighted by atomic mass is 16.6. The molecule has 0 aliphatic rings. The second-order valence-electron chi connectivity index (χ2n) is 6.87. The molecule has 0 rings (SSSR count). The van der Waals surface area contributed by atoms with E-state index in [1.165, 1.54) is 0 Å². The van der Waals surface area contributed by atoms with E-state index in [4.69, 9.17) is 15.2 Å². The maximum Gasteiger partial charge on any atom is 0.330 e. The predicted molar refractivity (Wildman–Crippen MR) is 93.2 cm³/mol. The summed E-state index contributed by atoms with van der Waals surface area (Å²) >= 11 is 0. The number of ether oxygens (including phenoxy) is 2. The molecule has 0 amide bonds. The minimum absolute atomic E-state index is 0.0468. The SMILES string of the molecule is C=CC(=O)OC(C)(CC)C(COC(=O)CC(C)N)C(C)(CC)CO. The van der Waals surface area contributed by atoms with Crippen LogP contribution in [0.3, 0.4) is 0 Å². The Kier molecular flexibility index (Phi) is 9.22. The van der Waals surface area contributed by atoms with E-state index >= 15 is 0 Å². The van der Waals surface area contributed by atoms with Gasteiger partial charge in [0.25, 0.3) is 0 Å². The number of rotatable bonds is 11. The van der Waals surface area contributed by atoms with Crippen LogP contribution in [0, 0.1) is 11.3 Å². The van der Waals surface area contributed by atoms with Gasteiger partial charge in [-0.3, -0.25) is 4.79 Å². The number of hydrogen-bond donors (Lipinski definition) is 2. The molecule has 6 nitrogen and oxygen atoms in total. The summed E-state index contributed by atoms with van der Waals surface area (Å²) in [6.07, 6.45) is 2.37. The Bertz CT molecular complexity index is 431. The number of esters is 2. The van der Waals surface area contributed by atoms with Gasteiger partial charge in [0.2, 0.25) is 0 Å². The Labute approximate surface area is 145 Å². The number of nitrogens with two attached hydrogens (primary N) is 1. The summed E-state index contributed by atoms with van der Waals surface area (Å²) in [5.74, 6) is -1.31. The van der Waals surface area contributed by atoms with E-state index < -0.39 is 23.0 Å². The highest BCUT2D eigenvalue weighted by Crippen LogP contribution is 2.42. The second-order valence-corrected chi connectivity index (χ2v) is 6.87. The molecule has 4 unspecified atom stereocenters. The number of carbonyl (C=O) groups excluding carboxylic acids is 2. The van der Waals surface area contributed by atoms with Crippen molar-refractivity contribution in [2.45, 2.75) is 65.5 Å². The molecule has 6 heteroatoms. The normalized spacial score (nSPS) is 18.6. The molecule has 0 radical (unpaired) electrons. The van der Waals surface area contributed by atoms with E-state index in [0.717, 1.165) is 6.08 Å². The van der Waals surface area contributed by atoms with Crippen LogP contribution in [0.4, 0.5) is 0 Å². The van der Waals surface area contributed by atoms with E-state index in [2.05, 4.69) is 6.58 Å². The van der Waals surface area contributed by atoms with Crippen molar-refractivity contribution in [3.05, 3.63) is 12.7 Å². The molecule has 0 heterocycles. The van der Waals surface area contributed by atoms with Crippen LogP contribution in [0.5, 0.6) is 0 Å². The van der Waals surface area contributed by atoms with Crippen LogP contribution in [0.2, 0.25) is 0 Å². The van der Waals surface area contributed by atoms with Gasteiger partial charge in [-0.15, -0.1) is 0 Å². The van der Waals surface area contributed by atoms with Crippen LogP contribution < -0.4 is 5.73 Å². The van der Waals surface area contributed by atoms with Crippen molar-refractivity contribution in [1.29, 1.82) is 0 Å². The van der Waals surface area contributed by atoms with Crippen molar-refractivity contribution < 1.29 is 24.2 Å². The average molecular weight is 343 g/mol. The molecule has 4 atom stereocenters. The third-order valence-electron chi connectivity index (χ3n) is 4.85. The Morgan fingerprint density at radius 3 is 2.25 bits per heavy atom. The van der Waals surface area contributed by atoms with Crippen molar-refractivity contribution >= 4 is 11.9 Å². The molecule has 0 aliphatic carbocycles. The summed E-state index contributed by atoms with van der Waals surface area (Å²) in [6, 6.07) is -0.289. The van der Waals surface area contributed by atoms with Crippen molar-refractivity contribution in [3.63, 3.8) is 0 Å². The van der Waals surface area contributed by atoms with Crippen LogP contribution in [-0.2, 0) is 19.1 Å². The van der Waals surface area contributed by atoms with Gasteiger partial charge in [-0.1, -0.05) is 27.4 Å². The summed E-state index contributed by atoms with van der Waals surface area (Å²) in [7, 11) is 0. The Balaban J connectivity index is 5.48. The van der Waals surface area contributed by atoms with Gasteiger partial charge in [0.05, 0.1) is 13.0 Å². The molecule has 0 fully saturated rings. The van der Waals surface area contributed by atoms with Crippen molar-refractivity contribution in [2.24, 2.45) is 17.1 Å². The minimum Gasteiger partial charge on any atom is -0.465 e. The number of hydrogen-bond acceptors (Lipinski definition) is 6. The van der Waals surface area contributed by atoms with Gasteiger partial charge in [0.15, 0.2) is 0 Å². The predicted octanol–water partition coefficient (Wildman–Crippen LogP) is 2.19. The van der Waals surface area contributed by atoms with Crippen molar-refractivity contribution in [3.8, 4) is 0 Å². The molecule has 0 aromatic rings. The molecule has 0 saturated carbocycles. The minimum atomic E-state index is -0.895. The zero-order chi connectivity index (χ0) is 19.0. The molecular weight excluding hydrogens is 310 g/mol. The van der Waals surface area contributed by atoms with E-state index in [1.807, 2.05) is 20.8 Å². The molecule has 0 aromatic heterocycles. The van der Waals surface area contributed by atoms with Gasteiger partial charge in [0.1, 0.15) is 5.60 Å². The third kappa shape index (κ3) is 6.24. The zero-order valence-electron chi connectivity index (χ0n) is 15.6. The molecule has 0 bridgehead atoms. The van der Waals surface area contributed by atoms with E-state index in [-0.39, 0.29) is 31.6 Å². The molecule has 0 saturated heterocycles. The first kappa shape index (κ1) is 22.6. The molecule has 3 N–H and O–H groups in total. The fourth-order valence-electron chi connectivity index (χ4n) is 2.74. The summed E-state index contributed by atoms with van der Waals surface area (Å²) < 4.78 is 11.0. The molecular formula is C18H33NO5. The fourth-order valence-corrected chi connectivity index (χ4v) is 2.74. The summed E-state index contributed by atoms with van der Waals surface area (Å²) in [6.45, 7) is 12.6.